The van der Waals surface area contributed by atoms with Crippen LogP contribution in [0.1, 0.15) is 11.4 Å². The zero-order chi connectivity index (χ0) is 19.3. The van der Waals surface area contributed by atoms with Crippen LogP contribution in [0.25, 0.3) is 5.57 Å². The molecule has 0 radical (unpaired) electrons. The van der Waals surface area contributed by atoms with E-state index in [0.717, 1.165) is 12.1 Å². The molecule has 2 N–H and O–H groups in total. The number of ether oxygens (including phenoxy) is 1. The SMILES string of the molecule is N#CC(=CNc1cc(C(F)(F)F)ccc1Oc1ccccc1)c1nn[nH]n1. The number of H-pyrrole nitrogens is 1. The number of nitrogens with zero attached hydrogens (tertiary/aromatic N) is 4. The van der Waals surface area contributed by atoms with Gasteiger partial charge < -0.3 is 10.1 Å². The molecule has 0 amide bonds. The summed E-state index contributed by atoms with van der Waals surface area (Å²) in [5.74, 6) is 0.598. The van der Waals surface area contributed by atoms with Gasteiger partial charge in [0.1, 0.15) is 17.4 Å². The highest BCUT2D eigenvalue weighted by Gasteiger charge is 2.31. The van der Waals surface area contributed by atoms with Crippen molar-refractivity contribution in [3.05, 3.63) is 66.1 Å². The number of allylic oxidation sites excluding steroid dienone is 1. The van der Waals surface area contributed by atoms with E-state index in [1.54, 1.807) is 30.3 Å². The second-order valence-corrected chi connectivity index (χ2v) is 5.17. The molecule has 27 heavy (non-hydrogen) atoms. The van der Waals surface area contributed by atoms with Crippen molar-refractivity contribution in [1.82, 2.24) is 20.6 Å². The molecule has 0 aliphatic heterocycles. The third kappa shape index (κ3) is 4.40. The van der Waals surface area contributed by atoms with Crippen molar-refractivity contribution in [1.29, 1.82) is 5.26 Å². The maximum Gasteiger partial charge on any atom is 0.416 e. The van der Waals surface area contributed by atoms with Gasteiger partial charge in [-0.25, -0.2) is 0 Å². The minimum absolute atomic E-state index is 0.00232. The average molecular weight is 372 g/mol. The molecule has 1 aromatic heterocycles. The van der Waals surface area contributed by atoms with Crippen LogP contribution < -0.4 is 10.1 Å². The maximum atomic E-state index is 13.0. The van der Waals surface area contributed by atoms with Gasteiger partial charge in [-0.3, -0.25) is 0 Å². The van der Waals surface area contributed by atoms with Crippen LogP contribution in [-0.2, 0) is 6.18 Å². The first-order valence-electron chi connectivity index (χ1n) is 7.52. The van der Waals surface area contributed by atoms with E-state index in [1.807, 2.05) is 6.07 Å². The van der Waals surface area contributed by atoms with Crippen molar-refractivity contribution in [3.8, 4) is 17.6 Å². The number of hydrogen-bond acceptors (Lipinski definition) is 6. The monoisotopic (exact) mass is 372 g/mol. The zero-order valence-corrected chi connectivity index (χ0v) is 13.5. The normalized spacial score (nSPS) is 11.7. The first kappa shape index (κ1) is 17.9. The van der Waals surface area contributed by atoms with E-state index in [-0.39, 0.29) is 22.8 Å². The van der Waals surface area contributed by atoms with Crippen molar-refractivity contribution in [3.63, 3.8) is 0 Å². The Balaban J connectivity index is 1.96. The van der Waals surface area contributed by atoms with Gasteiger partial charge in [0.2, 0.25) is 5.82 Å². The Hall–Kier alpha value is -3.87. The Morgan fingerprint density at radius 2 is 1.96 bits per heavy atom. The first-order chi connectivity index (χ1) is 13.0. The summed E-state index contributed by atoms with van der Waals surface area (Å²) in [6.07, 6.45) is -3.35. The molecule has 0 saturated heterocycles. The number of rotatable bonds is 5. The minimum Gasteiger partial charge on any atom is -0.455 e. The van der Waals surface area contributed by atoms with Crippen molar-refractivity contribution < 1.29 is 17.9 Å². The van der Waals surface area contributed by atoms with Gasteiger partial charge in [0.05, 0.1) is 11.3 Å². The van der Waals surface area contributed by atoms with Gasteiger partial charge in [-0.1, -0.05) is 18.2 Å². The molecular weight excluding hydrogens is 361 g/mol. The number of alkyl halides is 3. The van der Waals surface area contributed by atoms with Crippen LogP contribution in [-0.4, -0.2) is 20.6 Å². The Morgan fingerprint density at radius 1 is 1.19 bits per heavy atom. The first-order valence-corrected chi connectivity index (χ1v) is 7.52. The fourth-order valence-electron chi connectivity index (χ4n) is 2.10. The van der Waals surface area contributed by atoms with Crippen LogP contribution in [0, 0.1) is 11.3 Å². The molecule has 0 aliphatic rings. The number of benzene rings is 2. The van der Waals surface area contributed by atoms with Gasteiger partial charge in [0.25, 0.3) is 0 Å². The van der Waals surface area contributed by atoms with E-state index < -0.39 is 11.7 Å². The number of para-hydroxylation sites is 1. The van der Waals surface area contributed by atoms with E-state index in [4.69, 9.17) is 4.74 Å². The molecule has 136 valence electrons. The highest BCUT2D eigenvalue weighted by Crippen LogP contribution is 2.37. The summed E-state index contributed by atoms with van der Waals surface area (Å²) in [6.45, 7) is 0. The summed E-state index contributed by atoms with van der Waals surface area (Å²) in [6, 6.07) is 13.4. The third-order valence-corrected chi connectivity index (χ3v) is 3.36. The number of hydrogen-bond donors (Lipinski definition) is 2. The summed E-state index contributed by atoms with van der Waals surface area (Å²) in [5, 5.41) is 24.7. The largest absolute Gasteiger partial charge is 0.455 e. The number of aromatic amines is 1. The van der Waals surface area contributed by atoms with Crippen LogP contribution in [0.4, 0.5) is 18.9 Å². The molecule has 0 spiro atoms. The summed E-state index contributed by atoms with van der Waals surface area (Å²) < 4.78 is 44.8. The molecule has 3 rings (SSSR count). The average Bonchev–Trinajstić information content (AvgIpc) is 3.18. The van der Waals surface area contributed by atoms with Crippen molar-refractivity contribution in [2.45, 2.75) is 6.18 Å². The Bertz CT molecular complexity index is 978. The summed E-state index contributed by atoms with van der Waals surface area (Å²) in [7, 11) is 0. The Labute approximate surface area is 151 Å². The quantitative estimate of drug-likeness (QED) is 0.657. The number of aromatic nitrogens is 4. The van der Waals surface area contributed by atoms with Crippen LogP contribution in [0.3, 0.4) is 0 Å². The van der Waals surface area contributed by atoms with Gasteiger partial charge in [-0.2, -0.15) is 23.6 Å². The molecular formula is C17H11F3N6O. The minimum atomic E-state index is -4.53. The molecule has 2 aromatic carbocycles. The van der Waals surface area contributed by atoms with Crippen LogP contribution in [0.15, 0.2) is 54.7 Å². The number of nitriles is 1. The third-order valence-electron chi connectivity index (χ3n) is 3.36. The molecule has 0 bridgehead atoms. The molecule has 10 heteroatoms. The van der Waals surface area contributed by atoms with E-state index in [0.29, 0.717) is 5.75 Å². The number of tetrazole rings is 1. The highest BCUT2D eigenvalue weighted by molar-refractivity contribution is 5.75. The number of nitrogens with one attached hydrogen (secondary N) is 2. The van der Waals surface area contributed by atoms with Gasteiger partial charge in [0.15, 0.2) is 5.75 Å². The molecule has 0 unspecified atom stereocenters. The molecule has 0 fully saturated rings. The lowest BCUT2D eigenvalue weighted by Gasteiger charge is -2.14. The van der Waals surface area contributed by atoms with E-state index in [1.165, 1.54) is 12.3 Å². The smallest absolute Gasteiger partial charge is 0.416 e. The van der Waals surface area contributed by atoms with Gasteiger partial charge >= 0.3 is 6.18 Å². The summed E-state index contributed by atoms with van der Waals surface area (Å²) >= 11 is 0. The lowest BCUT2D eigenvalue weighted by Crippen LogP contribution is -2.06. The van der Waals surface area contributed by atoms with Gasteiger partial charge in [-0.15, -0.1) is 10.2 Å². The molecule has 0 aliphatic carbocycles. The maximum absolute atomic E-state index is 13.0. The highest BCUT2D eigenvalue weighted by atomic mass is 19.4. The zero-order valence-electron chi connectivity index (χ0n) is 13.5. The molecule has 7 nitrogen and oxygen atoms in total. The predicted molar refractivity (Wildman–Crippen MR) is 89.4 cm³/mol. The molecule has 0 saturated carbocycles. The van der Waals surface area contributed by atoms with Gasteiger partial charge in [0, 0.05) is 6.20 Å². The predicted octanol–water partition coefficient (Wildman–Crippen LogP) is 3.99. The second-order valence-electron chi connectivity index (χ2n) is 5.17. The molecule has 1 heterocycles. The summed E-state index contributed by atoms with van der Waals surface area (Å²) in [4.78, 5) is 0. The number of halogens is 3. The van der Waals surface area contributed by atoms with E-state index in [9.17, 15) is 18.4 Å². The lowest BCUT2D eigenvalue weighted by molar-refractivity contribution is -0.137. The number of anilines is 1. The van der Waals surface area contributed by atoms with E-state index in [2.05, 4.69) is 25.9 Å². The molecule has 3 aromatic rings. The van der Waals surface area contributed by atoms with Crippen LogP contribution >= 0.6 is 0 Å². The topological polar surface area (TPSA) is 99.5 Å². The fraction of sp³-hybridized carbons (Fsp3) is 0.0588. The second kappa shape index (κ2) is 7.57. The molecule has 0 atom stereocenters. The standard InChI is InChI=1S/C17H11F3N6O/c18-17(19,20)12-6-7-15(27-13-4-2-1-3-5-13)14(8-12)22-10-11(9-21)16-23-25-26-24-16/h1-8,10,22H,(H,23,24,25,26). The summed E-state index contributed by atoms with van der Waals surface area (Å²) in [5.41, 5.74) is -0.867. The van der Waals surface area contributed by atoms with Crippen LogP contribution in [0.5, 0.6) is 11.5 Å². The van der Waals surface area contributed by atoms with Crippen LogP contribution in [0.2, 0.25) is 0 Å². The van der Waals surface area contributed by atoms with Crippen molar-refractivity contribution >= 4 is 11.3 Å². The van der Waals surface area contributed by atoms with Crippen molar-refractivity contribution in [2.24, 2.45) is 0 Å². The fourth-order valence-corrected chi connectivity index (χ4v) is 2.10. The Kier molecular flexibility index (Phi) is 5.03. The van der Waals surface area contributed by atoms with Gasteiger partial charge in [-0.05, 0) is 35.5 Å². The lowest BCUT2D eigenvalue weighted by atomic mass is 10.1. The Morgan fingerprint density at radius 3 is 2.59 bits per heavy atom. The van der Waals surface area contributed by atoms with Crippen molar-refractivity contribution in [2.75, 3.05) is 5.32 Å². The van der Waals surface area contributed by atoms with E-state index >= 15 is 0 Å².